The molecule has 0 aliphatic heterocycles. The van der Waals surface area contributed by atoms with Crippen molar-refractivity contribution in [1.29, 1.82) is 0 Å². The minimum absolute atomic E-state index is 0.194. The van der Waals surface area contributed by atoms with E-state index >= 15 is 0 Å². The van der Waals surface area contributed by atoms with Crippen LogP contribution in [0.1, 0.15) is 34.5 Å². The Labute approximate surface area is 115 Å². The third-order valence-corrected chi connectivity index (χ3v) is 4.36. The molecule has 0 saturated heterocycles. The van der Waals surface area contributed by atoms with Gasteiger partial charge in [-0.25, -0.2) is 0 Å². The number of carboxylic acid groups (broad SMARTS) is 1. The van der Waals surface area contributed by atoms with Gasteiger partial charge in [-0.2, -0.15) is 0 Å². The summed E-state index contributed by atoms with van der Waals surface area (Å²) >= 11 is 1.35. The van der Waals surface area contributed by atoms with Gasteiger partial charge in [-0.05, 0) is 24.3 Å². The zero-order valence-electron chi connectivity index (χ0n) is 10.7. The quantitative estimate of drug-likeness (QED) is 0.865. The Morgan fingerprint density at radius 3 is 3.00 bits per heavy atom. The summed E-state index contributed by atoms with van der Waals surface area (Å²) in [6, 6.07) is 1.59. The second kappa shape index (κ2) is 6.16. The summed E-state index contributed by atoms with van der Waals surface area (Å²) in [5.74, 6) is -1.49. The van der Waals surface area contributed by atoms with Crippen LogP contribution in [0.2, 0.25) is 0 Å². The fraction of sp³-hybridized carbons (Fsp3) is 0.538. The first-order valence-electron chi connectivity index (χ1n) is 6.22. The summed E-state index contributed by atoms with van der Waals surface area (Å²) in [7, 11) is 1.58. The Morgan fingerprint density at radius 2 is 2.32 bits per heavy atom. The van der Waals surface area contributed by atoms with Crippen molar-refractivity contribution in [2.24, 2.45) is 5.92 Å². The number of hydrogen-bond donors (Lipinski definition) is 2. The minimum atomic E-state index is -0.828. The molecule has 1 aliphatic carbocycles. The summed E-state index contributed by atoms with van der Waals surface area (Å²) in [6.45, 7) is 0.388. The molecule has 0 radical (unpaired) electrons. The number of thiophene rings is 1. The van der Waals surface area contributed by atoms with Gasteiger partial charge in [-0.15, -0.1) is 11.3 Å². The Hall–Kier alpha value is -1.40. The molecule has 0 spiro atoms. The second-order valence-corrected chi connectivity index (χ2v) is 5.58. The van der Waals surface area contributed by atoms with Crippen molar-refractivity contribution in [2.75, 3.05) is 7.11 Å². The predicted octanol–water partition coefficient (Wildman–Crippen LogP) is 1.88. The number of carbonyl (C=O) groups excluding carboxylic acids is 1. The Balaban J connectivity index is 2.04. The molecule has 0 bridgehead atoms. The Kier molecular flexibility index (Phi) is 4.55. The molecule has 6 heteroatoms. The van der Waals surface area contributed by atoms with Crippen LogP contribution in [0.25, 0.3) is 0 Å². The highest BCUT2D eigenvalue weighted by Crippen LogP contribution is 2.27. The Bertz CT molecular complexity index is 471. The molecule has 0 unspecified atom stereocenters. The molecule has 1 saturated carbocycles. The lowest BCUT2D eigenvalue weighted by atomic mass is 10.0. The van der Waals surface area contributed by atoms with Gasteiger partial charge >= 0.3 is 5.97 Å². The molecule has 1 aliphatic rings. The molecule has 5 nitrogen and oxygen atoms in total. The van der Waals surface area contributed by atoms with Gasteiger partial charge in [0, 0.05) is 18.7 Å². The van der Waals surface area contributed by atoms with Gasteiger partial charge in [-0.3, -0.25) is 9.59 Å². The number of amides is 1. The monoisotopic (exact) mass is 283 g/mol. The largest absolute Gasteiger partial charge is 0.481 e. The highest BCUT2D eigenvalue weighted by Gasteiger charge is 2.34. The average Bonchev–Trinajstić information content (AvgIpc) is 2.98. The van der Waals surface area contributed by atoms with Crippen LogP contribution >= 0.6 is 11.3 Å². The number of methoxy groups -OCH3 is 1. The van der Waals surface area contributed by atoms with E-state index in [9.17, 15) is 9.59 Å². The van der Waals surface area contributed by atoms with Crippen LogP contribution in [-0.4, -0.2) is 30.1 Å². The van der Waals surface area contributed by atoms with E-state index in [2.05, 4.69) is 5.32 Å². The summed E-state index contributed by atoms with van der Waals surface area (Å²) in [5, 5.41) is 13.8. The van der Waals surface area contributed by atoms with Crippen molar-refractivity contribution >= 4 is 23.2 Å². The molecule has 1 amide bonds. The van der Waals surface area contributed by atoms with E-state index in [1.165, 1.54) is 11.3 Å². The average molecular weight is 283 g/mol. The number of ether oxygens (including phenoxy) is 1. The molecule has 2 atom stereocenters. The van der Waals surface area contributed by atoms with E-state index < -0.39 is 11.9 Å². The number of aliphatic carboxylic acids is 1. The van der Waals surface area contributed by atoms with E-state index in [4.69, 9.17) is 9.84 Å². The molecule has 104 valence electrons. The molecular formula is C13H17NO4S. The van der Waals surface area contributed by atoms with Crippen LogP contribution in [0.3, 0.4) is 0 Å². The van der Waals surface area contributed by atoms with E-state index in [1.54, 1.807) is 7.11 Å². The summed E-state index contributed by atoms with van der Waals surface area (Å²) in [4.78, 5) is 23.9. The van der Waals surface area contributed by atoms with Crippen molar-refractivity contribution in [3.8, 4) is 0 Å². The van der Waals surface area contributed by atoms with Gasteiger partial charge < -0.3 is 15.2 Å². The van der Waals surface area contributed by atoms with Crippen molar-refractivity contribution < 1.29 is 19.4 Å². The van der Waals surface area contributed by atoms with E-state index in [0.717, 1.165) is 18.4 Å². The van der Waals surface area contributed by atoms with Gasteiger partial charge in [0.25, 0.3) is 5.91 Å². The van der Waals surface area contributed by atoms with Gasteiger partial charge in [0.05, 0.1) is 17.4 Å². The third-order valence-electron chi connectivity index (χ3n) is 3.40. The number of hydrogen-bond acceptors (Lipinski definition) is 4. The van der Waals surface area contributed by atoms with Crippen LogP contribution in [0, 0.1) is 5.92 Å². The maximum Gasteiger partial charge on any atom is 0.308 e. The van der Waals surface area contributed by atoms with Crippen molar-refractivity contribution in [2.45, 2.75) is 31.9 Å². The molecule has 2 rings (SSSR count). The van der Waals surface area contributed by atoms with Crippen LogP contribution in [-0.2, 0) is 16.1 Å². The van der Waals surface area contributed by atoms with Gasteiger partial charge in [0.15, 0.2) is 0 Å². The fourth-order valence-corrected chi connectivity index (χ4v) is 3.28. The lowest BCUT2D eigenvalue weighted by Gasteiger charge is -2.17. The lowest BCUT2D eigenvalue weighted by Crippen LogP contribution is -2.40. The summed E-state index contributed by atoms with van der Waals surface area (Å²) in [6.07, 6.45) is 2.21. The van der Waals surface area contributed by atoms with Crippen LogP contribution in [0.15, 0.2) is 11.4 Å². The first kappa shape index (κ1) is 14.0. The molecule has 19 heavy (non-hydrogen) atoms. The molecule has 1 aromatic heterocycles. The van der Waals surface area contributed by atoms with Gasteiger partial charge in [0.1, 0.15) is 0 Å². The van der Waals surface area contributed by atoms with E-state index in [0.29, 0.717) is 17.9 Å². The van der Waals surface area contributed by atoms with Crippen molar-refractivity contribution in [3.63, 3.8) is 0 Å². The first-order valence-corrected chi connectivity index (χ1v) is 7.10. The number of carbonyl (C=O) groups is 2. The first-order chi connectivity index (χ1) is 9.13. The zero-order valence-corrected chi connectivity index (χ0v) is 11.5. The number of rotatable bonds is 5. The minimum Gasteiger partial charge on any atom is -0.481 e. The van der Waals surface area contributed by atoms with Crippen LogP contribution in [0.5, 0.6) is 0 Å². The molecular weight excluding hydrogens is 266 g/mol. The SMILES string of the molecule is COCc1ccsc1C(=O)N[C@@H]1CCC[C@@H]1C(=O)O. The fourth-order valence-electron chi connectivity index (χ4n) is 2.47. The van der Waals surface area contributed by atoms with E-state index in [1.807, 2.05) is 11.4 Å². The second-order valence-electron chi connectivity index (χ2n) is 4.66. The topological polar surface area (TPSA) is 75.6 Å². The highest BCUT2D eigenvalue weighted by atomic mass is 32.1. The smallest absolute Gasteiger partial charge is 0.308 e. The van der Waals surface area contributed by atoms with Gasteiger partial charge in [-0.1, -0.05) is 6.42 Å². The molecule has 2 N–H and O–H groups in total. The number of nitrogens with one attached hydrogen (secondary N) is 1. The van der Waals surface area contributed by atoms with Gasteiger partial charge in [0.2, 0.25) is 0 Å². The zero-order chi connectivity index (χ0) is 13.8. The standard InChI is InChI=1S/C13H17NO4S/c1-18-7-8-5-6-19-11(8)12(15)14-10-4-2-3-9(10)13(16)17/h5-6,9-10H,2-4,7H2,1H3,(H,14,15)(H,16,17)/t9-,10+/m0/s1. The normalized spacial score (nSPS) is 22.4. The highest BCUT2D eigenvalue weighted by molar-refractivity contribution is 7.12. The van der Waals surface area contributed by atoms with Crippen molar-refractivity contribution in [1.82, 2.24) is 5.32 Å². The maximum atomic E-state index is 12.2. The molecule has 1 heterocycles. The van der Waals surface area contributed by atoms with Crippen LogP contribution < -0.4 is 5.32 Å². The molecule has 1 fully saturated rings. The molecule has 0 aromatic carbocycles. The third kappa shape index (κ3) is 3.13. The predicted molar refractivity (Wildman–Crippen MR) is 71.3 cm³/mol. The van der Waals surface area contributed by atoms with E-state index in [-0.39, 0.29) is 11.9 Å². The Morgan fingerprint density at radius 1 is 1.53 bits per heavy atom. The van der Waals surface area contributed by atoms with Crippen LogP contribution in [0.4, 0.5) is 0 Å². The van der Waals surface area contributed by atoms with Crippen molar-refractivity contribution in [3.05, 3.63) is 21.9 Å². The lowest BCUT2D eigenvalue weighted by molar-refractivity contribution is -0.142. The number of carboxylic acids is 1. The summed E-state index contributed by atoms with van der Waals surface area (Å²) in [5.41, 5.74) is 0.842. The molecule has 1 aromatic rings. The summed E-state index contributed by atoms with van der Waals surface area (Å²) < 4.78 is 5.04. The maximum absolute atomic E-state index is 12.2.